The number of aromatic nitrogens is 1. The van der Waals surface area contributed by atoms with Crippen molar-refractivity contribution in [3.05, 3.63) is 69.6 Å². The van der Waals surface area contributed by atoms with Crippen molar-refractivity contribution in [1.82, 2.24) is 9.88 Å². The van der Waals surface area contributed by atoms with Gasteiger partial charge in [-0.15, -0.1) is 0 Å². The molecule has 0 radical (unpaired) electrons. The first-order chi connectivity index (χ1) is 19.3. The van der Waals surface area contributed by atoms with Gasteiger partial charge in [0.15, 0.2) is 0 Å². The quantitative estimate of drug-likeness (QED) is 0.271. The normalized spacial score (nSPS) is 10.4. The molecule has 40 heavy (non-hydrogen) atoms. The summed E-state index contributed by atoms with van der Waals surface area (Å²) in [5.41, 5.74) is 1.80. The molecule has 8 nitrogen and oxygen atoms in total. The van der Waals surface area contributed by atoms with Gasteiger partial charge in [-0.1, -0.05) is 51.5 Å². The molecule has 0 fully saturated rings. The number of hydrogen-bond acceptors (Lipinski definition) is 6. The summed E-state index contributed by atoms with van der Waals surface area (Å²) < 4.78 is 16.1. The first-order valence-electron chi connectivity index (χ1n) is 13.9. The van der Waals surface area contributed by atoms with E-state index in [-0.39, 0.29) is 11.3 Å². The van der Waals surface area contributed by atoms with Crippen LogP contribution in [0.4, 0.5) is 0 Å². The summed E-state index contributed by atoms with van der Waals surface area (Å²) in [5, 5.41) is 11.3. The molecule has 8 heteroatoms. The molecule has 0 unspecified atom stereocenters. The molecule has 0 aliphatic rings. The number of carbonyl (C=O) groups excluding carboxylic acids is 1. The predicted molar refractivity (Wildman–Crippen MR) is 160 cm³/mol. The van der Waals surface area contributed by atoms with Crippen molar-refractivity contribution in [2.24, 2.45) is 0 Å². The molecule has 218 valence electrons. The van der Waals surface area contributed by atoms with E-state index in [4.69, 9.17) is 14.2 Å². The predicted octanol–water partition coefficient (Wildman–Crippen LogP) is 6.37. The number of carbonyl (C=O) groups is 1. The minimum Gasteiger partial charge on any atom is -0.506 e. The lowest BCUT2D eigenvalue weighted by Crippen LogP contribution is -2.36. The summed E-state index contributed by atoms with van der Waals surface area (Å²) in [5.74, 6) is 1.12. The molecule has 1 amide bonds. The number of aromatic amines is 1. The van der Waals surface area contributed by atoms with Crippen LogP contribution in [0.25, 0.3) is 11.1 Å². The summed E-state index contributed by atoms with van der Waals surface area (Å²) in [6, 6.07) is 13.2. The Bertz CT molecular complexity index is 1270. The smallest absolute Gasteiger partial charge is 0.264 e. The Kier molecular flexibility index (Phi) is 13.1. The van der Waals surface area contributed by atoms with Gasteiger partial charge in [0.2, 0.25) is 0 Å². The van der Waals surface area contributed by atoms with Crippen LogP contribution in [0.1, 0.15) is 68.1 Å². The Balaban J connectivity index is 0.000000526. The van der Waals surface area contributed by atoms with Gasteiger partial charge in [0.1, 0.15) is 28.6 Å². The number of aryl methyl sites for hydroxylation is 2. The maximum absolute atomic E-state index is 13.3. The molecule has 1 heterocycles. The van der Waals surface area contributed by atoms with Gasteiger partial charge >= 0.3 is 0 Å². The van der Waals surface area contributed by atoms with E-state index in [9.17, 15) is 14.7 Å². The highest BCUT2D eigenvalue weighted by atomic mass is 16.5. The number of hydrogen-bond donors (Lipinski definition) is 2. The second-order valence-electron chi connectivity index (χ2n) is 9.43. The van der Waals surface area contributed by atoms with Crippen LogP contribution in [-0.2, 0) is 6.42 Å². The molecular weight excluding hydrogens is 508 g/mol. The van der Waals surface area contributed by atoms with Gasteiger partial charge in [-0.3, -0.25) is 9.59 Å². The average Bonchev–Trinajstić information content (AvgIpc) is 2.96. The fourth-order valence-corrected chi connectivity index (χ4v) is 4.54. The molecule has 3 aromatic rings. The first-order valence-corrected chi connectivity index (χ1v) is 13.9. The molecule has 0 bridgehead atoms. The van der Waals surface area contributed by atoms with Gasteiger partial charge in [-0.2, -0.15) is 0 Å². The molecule has 0 saturated heterocycles. The number of benzene rings is 2. The zero-order valence-electron chi connectivity index (χ0n) is 24.9. The zero-order valence-corrected chi connectivity index (χ0v) is 24.9. The largest absolute Gasteiger partial charge is 0.506 e. The summed E-state index contributed by atoms with van der Waals surface area (Å²) in [6.45, 7) is 9.04. The number of nitrogens with one attached hydrogen (secondary N) is 1. The van der Waals surface area contributed by atoms with Gasteiger partial charge < -0.3 is 29.2 Å². The van der Waals surface area contributed by atoms with Crippen molar-refractivity contribution in [3.8, 4) is 34.1 Å². The number of ether oxygens (including phenoxy) is 3. The van der Waals surface area contributed by atoms with Crippen molar-refractivity contribution in [3.63, 3.8) is 0 Å². The minimum atomic E-state index is -0.580. The molecule has 2 aromatic carbocycles. The number of aromatic hydroxyl groups is 1. The van der Waals surface area contributed by atoms with E-state index in [1.165, 1.54) is 19.8 Å². The Morgan fingerprint density at radius 2 is 1.38 bits per heavy atom. The van der Waals surface area contributed by atoms with E-state index in [1.807, 2.05) is 52.0 Å². The number of para-hydroxylation sites is 1. The summed E-state index contributed by atoms with van der Waals surface area (Å²) >= 11 is 0. The number of pyridine rings is 1. The van der Waals surface area contributed by atoms with E-state index in [0.29, 0.717) is 47.8 Å². The van der Waals surface area contributed by atoms with Gasteiger partial charge in [-0.05, 0) is 56.4 Å². The summed E-state index contributed by atoms with van der Waals surface area (Å²) in [7, 11) is 4.74. The maximum Gasteiger partial charge on any atom is 0.264 e. The molecular formula is C32H44N2O6. The lowest BCUT2D eigenvalue weighted by molar-refractivity contribution is 0.0750. The van der Waals surface area contributed by atoms with Gasteiger partial charge in [0.25, 0.3) is 11.5 Å². The van der Waals surface area contributed by atoms with E-state index >= 15 is 0 Å². The zero-order chi connectivity index (χ0) is 29.7. The Hall–Kier alpha value is -3.94. The lowest BCUT2D eigenvalue weighted by atomic mass is 9.95. The minimum absolute atomic E-state index is 0.245. The maximum atomic E-state index is 13.3. The molecule has 1 aromatic heterocycles. The number of amides is 1. The standard InChI is InChI=1S/C24H34N2O5.C8H10O/c1-6-9-11-16-19(20-17(30-4)12-10-13-18(20)31-5)22(27)21(23(28)25-16)24(29)26(14-7-2)15-8-3;1-7-5-3-4-6-8(7)9-2/h10,12-13H,6-9,11,14-15H2,1-5H3,(H2,25,27,28);3-6H,1-2H3. The lowest BCUT2D eigenvalue weighted by Gasteiger charge is -2.23. The van der Waals surface area contributed by atoms with E-state index in [2.05, 4.69) is 4.98 Å². The highest BCUT2D eigenvalue weighted by Gasteiger charge is 2.29. The van der Waals surface area contributed by atoms with Crippen LogP contribution in [0, 0.1) is 6.92 Å². The molecule has 0 aliphatic heterocycles. The van der Waals surface area contributed by atoms with Crippen LogP contribution in [0.2, 0.25) is 0 Å². The number of nitrogens with zero attached hydrogens (tertiary/aromatic N) is 1. The SMILES string of the molecule is CCCCc1[nH]c(=O)c(C(=O)N(CCC)CCC)c(O)c1-c1c(OC)cccc1OC.COc1ccccc1C. The second kappa shape index (κ2) is 16.2. The molecule has 0 atom stereocenters. The third-order valence-electron chi connectivity index (χ3n) is 6.53. The van der Waals surface area contributed by atoms with Crippen molar-refractivity contribution < 1.29 is 24.1 Å². The third-order valence-corrected chi connectivity index (χ3v) is 6.53. The first kappa shape index (κ1) is 32.3. The summed E-state index contributed by atoms with van der Waals surface area (Å²) in [4.78, 5) is 30.7. The molecule has 3 rings (SSSR count). The fourth-order valence-electron chi connectivity index (χ4n) is 4.54. The highest BCUT2D eigenvalue weighted by molar-refractivity contribution is 6.00. The van der Waals surface area contributed by atoms with Crippen LogP contribution in [0.5, 0.6) is 23.0 Å². The highest BCUT2D eigenvalue weighted by Crippen LogP contribution is 2.44. The van der Waals surface area contributed by atoms with Crippen LogP contribution >= 0.6 is 0 Å². The second-order valence-corrected chi connectivity index (χ2v) is 9.43. The van der Waals surface area contributed by atoms with Crippen molar-refractivity contribution in [2.75, 3.05) is 34.4 Å². The van der Waals surface area contributed by atoms with Crippen LogP contribution in [0.3, 0.4) is 0 Å². The molecule has 0 aliphatic carbocycles. The van der Waals surface area contributed by atoms with Crippen molar-refractivity contribution >= 4 is 5.91 Å². The third kappa shape index (κ3) is 7.81. The van der Waals surface area contributed by atoms with Gasteiger partial charge in [-0.25, -0.2) is 0 Å². The number of H-pyrrole nitrogens is 1. The monoisotopic (exact) mass is 552 g/mol. The number of methoxy groups -OCH3 is 3. The number of rotatable bonds is 12. The Labute approximate surface area is 237 Å². The topological polar surface area (TPSA) is 101 Å². The molecule has 0 spiro atoms. The van der Waals surface area contributed by atoms with E-state index in [1.54, 1.807) is 30.2 Å². The molecule has 0 saturated carbocycles. The Morgan fingerprint density at radius 1 is 0.825 bits per heavy atom. The van der Waals surface area contributed by atoms with Gasteiger partial charge in [0, 0.05) is 18.8 Å². The van der Waals surface area contributed by atoms with Crippen LogP contribution in [0.15, 0.2) is 47.3 Å². The van der Waals surface area contributed by atoms with E-state index < -0.39 is 11.5 Å². The number of unbranched alkanes of at least 4 members (excludes halogenated alkanes) is 1. The summed E-state index contributed by atoms with van der Waals surface area (Å²) in [6.07, 6.45) is 3.77. The van der Waals surface area contributed by atoms with E-state index in [0.717, 1.165) is 31.4 Å². The molecule has 2 N–H and O–H groups in total. The van der Waals surface area contributed by atoms with Crippen LogP contribution < -0.4 is 19.8 Å². The van der Waals surface area contributed by atoms with Crippen molar-refractivity contribution in [1.29, 1.82) is 0 Å². The van der Waals surface area contributed by atoms with Crippen LogP contribution in [-0.4, -0.2) is 55.3 Å². The Morgan fingerprint density at radius 3 is 1.85 bits per heavy atom. The fraction of sp³-hybridized carbons (Fsp3) is 0.438. The van der Waals surface area contributed by atoms with Gasteiger partial charge in [0.05, 0.1) is 32.5 Å². The van der Waals surface area contributed by atoms with Crippen molar-refractivity contribution in [2.45, 2.75) is 59.8 Å². The average molecular weight is 553 g/mol.